The molecule has 0 bridgehead atoms. The highest BCUT2D eigenvalue weighted by molar-refractivity contribution is 7.90. The number of nitrogen functional groups attached to an aromatic ring is 1. The number of nitrogens with zero attached hydrogens (tertiary/aromatic N) is 1. The molecule has 222 valence electrons. The first-order valence-corrected chi connectivity index (χ1v) is 15.8. The van der Waals surface area contributed by atoms with Gasteiger partial charge < -0.3 is 20.1 Å². The van der Waals surface area contributed by atoms with Gasteiger partial charge in [-0.2, -0.15) is 0 Å². The van der Waals surface area contributed by atoms with Crippen molar-refractivity contribution < 1.29 is 27.5 Å². The van der Waals surface area contributed by atoms with Crippen molar-refractivity contribution in [3.8, 4) is 16.9 Å². The molecule has 4 rings (SSSR count). The van der Waals surface area contributed by atoms with Crippen molar-refractivity contribution in [2.75, 3.05) is 32.3 Å². The second-order valence-electron chi connectivity index (χ2n) is 10.9. The Hall–Kier alpha value is -4.18. The standard InChI is InChI=1S/C32H37N3O6S/c1-40-29(36)20-32(22-42(2,38)39)19-27(35(31(32)37)18-6-9-23-7-4-3-5-8-23)21-41-28-16-14-25(15-17-28)24-10-12-26(13-11-24)30(33)34/h3-5,7-8,10-17,27H,6,9,18-22H2,1-2H3,(H3,33,34)/t27-,32-/m0/s1. The number of methoxy groups -OCH3 is 1. The molecule has 9 nitrogen and oxygen atoms in total. The third-order valence-corrected chi connectivity index (χ3v) is 8.64. The van der Waals surface area contributed by atoms with Crippen molar-refractivity contribution in [1.82, 2.24) is 4.90 Å². The smallest absolute Gasteiger partial charge is 0.306 e. The Bertz CT molecular complexity index is 1510. The Morgan fingerprint density at radius 3 is 2.21 bits per heavy atom. The number of amidine groups is 1. The Labute approximate surface area is 247 Å². The van der Waals surface area contributed by atoms with Crippen LogP contribution in [0.2, 0.25) is 0 Å². The molecule has 2 atom stereocenters. The molecule has 1 aliphatic rings. The maximum Gasteiger partial charge on any atom is 0.306 e. The van der Waals surface area contributed by atoms with E-state index >= 15 is 0 Å². The number of sulfone groups is 1. The zero-order chi connectivity index (χ0) is 30.3. The Morgan fingerprint density at radius 2 is 1.64 bits per heavy atom. The van der Waals surface area contributed by atoms with Crippen LogP contribution in [-0.2, 0) is 30.6 Å². The van der Waals surface area contributed by atoms with Gasteiger partial charge in [-0.1, -0.05) is 66.7 Å². The summed E-state index contributed by atoms with van der Waals surface area (Å²) in [5, 5.41) is 7.55. The summed E-state index contributed by atoms with van der Waals surface area (Å²) < 4.78 is 35.8. The molecule has 10 heteroatoms. The summed E-state index contributed by atoms with van der Waals surface area (Å²) >= 11 is 0. The van der Waals surface area contributed by atoms with E-state index in [1.54, 1.807) is 17.0 Å². The predicted molar refractivity (Wildman–Crippen MR) is 162 cm³/mol. The van der Waals surface area contributed by atoms with Gasteiger partial charge in [-0.25, -0.2) is 8.42 Å². The molecular weight excluding hydrogens is 554 g/mol. The molecule has 42 heavy (non-hydrogen) atoms. The van der Waals surface area contributed by atoms with Gasteiger partial charge in [0, 0.05) is 18.4 Å². The Balaban J connectivity index is 1.51. The van der Waals surface area contributed by atoms with Crippen LogP contribution in [0.15, 0.2) is 78.9 Å². The van der Waals surface area contributed by atoms with E-state index in [1.807, 2.05) is 66.7 Å². The molecule has 0 aromatic heterocycles. The fraction of sp³-hybridized carbons (Fsp3) is 0.344. The zero-order valence-electron chi connectivity index (χ0n) is 23.9. The fourth-order valence-corrected chi connectivity index (χ4v) is 6.95. The molecule has 3 N–H and O–H groups in total. The number of nitrogens with two attached hydrogens (primary N) is 1. The minimum absolute atomic E-state index is 0.0111. The molecule has 3 aromatic carbocycles. The molecule has 1 fully saturated rings. The van der Waals surface area contributed by atoms with Crippen molar-refractivity contribution in [3.63, 3.8) is 0 Å². The molecule has 0 saturated carbocycles. The highest BCUT2D eigenvalue weighted by Gasteiger charge is 2.54. The summed E-state index contributed by atoms with van der Waals surface area (Å²) in [6, 6.07) is 24.4. The lowest BCUT2D eigenvalue weighted by Gasteiger charge is -2.26. The van der Waals surface area contributed by atoms with Crippen LogP contribution in [0.1, 0.15) is 30.4 Å². The van der Waals surface area contributed by atoms with Gasteiger partial charge in [-0.15, -0.1) is 0 Å². The van der Waals surface area contributed by atoms with Crippen LogP contribution >= 0.6 is 0 Å². The molecule has 0 unspecified atom stereocenters. The van der Waals surface area contributed by atoms with E-state index in [1.165, 1.54) is 7.11 Å². The first-order chi connectivity index (χ1) is 20.0. The number of nitrogens with one attached hydrogen (secondary N) is 1. The van der Waals surface area contributed by atoms with Crippen LogP contribution in [-0.4, -0.2) is 69.3 Å². The summed E-state index contributed by atoms with van der Waals surface area (Å²) in [6.45, 7) is 0.556. The number of carbonyl (C=O) groups is 2. The van der Waals surface area contributed by atoms with Gasteiger partial charge in [0.25, 0.3) is 0 Å². The van der Waals surface area contributed by atoms with Crippen LogP contribution in [0, 0.1) is 10.8 Å². The first kappa shape index (κ1) is 30.8. The van der Waals surface area contributed by atoms with Gasteiger partial charge in [-0.3, -0.25) is 15.0 Å². The zero-order valence-corrected chi connectivity index (χ0v) is 24.7. The predicted octanol–water partition coefficient (Wildman–Crippen LogP) is 3.84. The number of hydrogen-bond acceptors (Lipinski definition) is 7. The topological polar surface area (TPSA) is 140 Å². The van der Waals surface area contributed by atoms with Gasteiger partial charge in [-0.05, 0) is 48.1 Å². The number of amides is 1. The SMILES string of the molecule is COC(=O)C[C@]1(CS(C)(=O)=O)C[C@@H](COc2ccc(-c3ccc(C(=N)N)cc3)cc2)N(CCCc2ccccc2)C1=O. The average Bonchev–Trinajstić information content (AvgIpc) is 3.21. The molecule has 1 amide bonds. The summed E-state index contributed by atoms with van der Waals surface area (Å²) in [5.41, 5.74) is 7.86. The normalized spacial score (nSPS) is 18.6. The molecular formula is C32H37N3O6S. The average molecular weight is 592 g/mol. The highest BCUT2D eigenvalue weighted by atomic mass is 32.2. The number of rotatable bonds is 13. The van der Waals surface area contributed by atoms with Gasteiger partial charge >= 0.3 is 5.97 Å². The molecule has 0 spiro atoms. The Morgan fingerprint density at radius 1 is 1.02 bits per heavy atom. The number of esters is 1. The van der Waals surface area contributed by atoms with E-state index < -0.39 is 33.0 Å². The maximum absolute atomic E-state index is 13.9. The van der Waals surface area contributed by atoms with E-state index in [4.69, 9.17) is 20.6 Å². The van der Waals surface area contributed by atoms with E-state index in [9.17, 15) is 18.0 Å². The number of aryl methyl sites for hydroxylation is 1. The van der Waals surface area contributed by atoms with Crippen LogP contribution in [0.3, 0.4) is 0 Å². The lowest BCUT2D eigenvalue weighted by molar-refractivity contribution is -0.148. The summed E-state index contributed by atoms with van der Waals surface area (Å²) in [7, 11) is -2.35. The van der Waals surface area contributed by atoms with Crippen LogP contribution in [0.25, 0.3) is 11.1 Å². The van der Waals surface area contributed by atoms with Crippen molar-refractivity contribution in [2.24, 2.45) is 11.1 Å². The quantitative estimate of drug-likeness (QED) is 0.175. The second-order valence-corrected chi connectivity index (χ2v) is 13.0. The minimum atomic E-state index is -3.58. The fourth-order valence-electron chi connectivity index (χ4n) is 5.60. The van der Waals surface area contributed by atoms with Gasteiger partial charge in [0.05, 0.1) is 30.7 Å². The van der Waals surface area contributed by atoms with E-state index in [0.29, 0.717) is 24.3 Å². The minimum Gasteiger partial charge on any atom is -0.491 e. The lowest BCUT2D eigenvalue weighted by Crippen LogP contribution is -2.42. The molecule has 0 aliphatic carbocycles. The van der Waals surface area contributed by atoms with E-state index in [-0.39, 0.29) is 31.2 Å². The van der Waals surface area contributed by atoms with Crippen LogP contribution < -0.4 is 10.5 Å². The van der Waals surface area contributed by atoms with Gasteiger partial charge in [0.15, 0.2) is 0 Å². The second kappa shape index (κ2) is 13.2. The highest BCUT2D eigenvalue weighted by Crippen LogP contribution is 2.41. The summed E-state index contributed by atoms with van der Waals surface area (Å²) in [6.07, 6.45) is 2.37. The number of carbonyl (C=O) groups excluding carboxylic acids is 2. The summed E-state index contributed by atoms with van der Waals surface area (Å²) in [5.74, 6) is -0.799. The van der Waals surface area contributed by atoms with Crippen molar-refractivity contribution in [2.45, 2.75) is 31.7 Å². The molecule has 1 aliphatic heterocycles. The summed E-state index contributed by atoms with van der Waals surface area (Å²) in [4.78, 5) is 27.9. The van der Waals surface area contributed by atoms with E-state index in [2.05, 4.69) is 0 Å². The van der Waals surface area contributed by atoms with Crippen molar-refractivity contribution in [1.29, 1.82) is 5.41 Å². The number of likely N-dealkylation sites (tertiary alicyclic amines) is 1. The number of ether oxygens (including phenoxy) is 2. The number of benzene rings is 3. The largest absolute Gasteiger partial charge is 0.491 e. The monoisotopic (exact) mass is 591 g/mol. The molecule has 1 heterocycles. The third kappa shape index (κ3) is 7.76. The third-order valence-electron chi connectivity index (χ3n) is 7.56. The van der Waals surface area contributed by atoms with E-state index in [0.717, 1.165) is 29.4 Å². The number of hydrogen-bond donors (Lipinski definition) is 2. The molecule has 1 saturated heterocycles. The molecule has 0 radical (unpaired) electrons. The van der Waals surface area contributed by atoms with Gasteiger partial charge in [0.2, 0.25) is 5.91 Å². The van der Waals surface area contributed by atoms with Crippen LogP contribution in [0.5, 0.6) is 5.75 Å². The van der Waals surface area contributed by atoms with Gasteiger partial charge in [0.1, 0.15) is 28.0 Å². The molecule has 3 aromatic rings. The Kier molecular flexibility index (Phi) is 9.67. The first-order valence-electron chi connectivity index (χ1n) is 13.8. The van der Waals surface area contributed by atoms with Crippen LogP contribution in [0.4, 0.5) is 0 Å². The van der Waals surface area contributed by atoms with Crippen molar-refractivity contribution >= 4 is 27.5 Å². The van der Waals surface area contributed by atoms with Crippen molar-refractivity contribution in [3.05, 3.63) is 90.0 Å². The lowest BCUT2D eigenvalue weighted by atomic mass is 9.83. The maximum atomic E-state index is 13.9.